The Bertz CT molecular complexity index is 976. The predicted molar refractivity (Wildman–Crippen MR) is 103 cm³/mol. The van der Waals surface area contributed by atoms with Crippen LogP contribution in [0.1, 0.15) is 30.9 Å². The average molecular weight is 377 g/mol. The Balaban J connectivity index is 1.67. The Hall–Kier alpha value is -1.82. The van der Waals surface area contributed by atoms with Gasteiger partial charge in [-0.2, -0.15) is 0 Å². The third-order valence-corrected chi connectivity index (χ3v) is 5.98. The number of hydrogen-bond donors (Lipinski definition) is 2. The molecule has 0 atom stereocenters. The zero-order valence-electron chi connectivity index (χ0n) is 14.2. The normalized spacial score (nSPS) is 12.2. The summed E-state index contributed by atoms with van der Waals surface area (Å²) in [6.07, 6.45) is 2.50. The zero-order valence-corrected chi connectivity index (χ0v) is 15.8. The van der Waals surface area contributed by atoms with Crippen molar-refractivity contribution in [3.8, 4) is 0 Å². The fourth-order valence-electron chi connectivity index (χ4n) is 2.80. The number of aromatic nitrogens is 1. The maximum absolute atomic E-state index is 12.4. The molecule has 0 saturated carbocycles. The molecule has 0 aliphatic rings. The summed E-state index contributed by atoms with van der Waals surface area (Å²) < 4.78 is 27.5. The monoisotopic (exact) mass is 376 g/mol. The molecule has 0 unspecified atom stereocenters. The van der Waals surface area contributed by atoms with Gasteiger partial charge in [-0.25, -0.2) is 13.1 Å². The van der Waals surface area contributed by atoms with Crippen LogP contribution in [0, 0.1) is 0 Å². The Labute approximate surface area is 153 Å². The highest BCUT2D eigenvalue weighted by Crippen LogP contribution is 2.22. The van der Waals surface area contributed by atoms with E-state index >= 15 is 0 Å². The van der Waals surface area contributed by atoms with Gasteiger partial charge in [-0.1, -0.05) is 43.6 Å². The van der Waals surface area contributed by atoms with Gasteiger partial charge in [-0.3, -0.25) is 0 Å². The standard InChI is InChI=1S/C19H21ClN2O2S/c1-13(2)14-3-6-17(7-4-14)25(23,24)22-10-9-15-12-21-19-11-16(20)5-8-18(15)19/h3-8,11-13,21-22H,9-10H2,1-2H3. The summed E-state index contributed by atoms with van der Waals surface area (Å²) in [5, 5.41) is 1.73. The van der Waals surface area contributed by atoms with Crippen LogP contribution in [0.15, 0.2) is 53.6 Å². The zero-order chi connectivity index (χ0) is 18.0. The van der Waals surface area contributed by atoms with E-state index in [1.165, 1.54) is 0 Å². The van der Waals surface area contributed by atoms with Gasteiger partial charge < -0.3 is 4.98 Å². The lowest BCUT2D eigenvalue weighted by molar-refractivity contribution is 0.581. The van der Waals surface area contributed by atoms with Crippen LogP contribution >= 0.6 is 11.6 Å². The molecule has 2 aromatic carbocycles. The summed E-state index contributed by atoms with van der Waals surface area (Å²) in [5.74, 6) is 0.375. The molecular formula is C19H21ClN2O2S. The first-order valence-electron chi connectivity index (χ1n) is 8.22. The molecule has 1 heterocycles. The number of H-pyrrole nitrogens is 1. The molecule has 25 heavy (non-hydrogen) atoms. The van der Waals surface area contributed by atoms with Gasteiger partial charge in [-0.05, 0) is 47.7 Å². The third kappa shape index (κ3) is 4.06. The van der Waals surface area contributed by atoms with Crippen molar-refractivity contribution < 1.29 is 8.42 Å². The van der Waals surface area contributed by atoms with E-state index < -0.39 is 10.0 Å². The Kier molecular flexibility index (Phi) is 5.18. The molecule has 3 rings (SSSR count). The molecule has 0 spiro atoms. The number of fused-ring (bicyclic) bond motifs is 1. The minimum Gasteiger partial charge on any atom is -0.361 e. The van der Waals surface area contributed by atoms with E-state index in [9.17, 15) is 8.42 Å². The molecule has 4 nitrogen and oxygen atoms in total. The van der Waals surface area contributed by atoms with E-state index in [4.69, 9.17) is 11.6 Å². The lowest BCUT2D eigenvalue weighted by Crippen LogP contribution is -2.26. The van der Waals surface area contributed by atoms with Gasteiger partial charge in [0.25, 0.3) is 0 Å². The fraction of sp³-hybridized carbons (Fsp3) is 0.263. The Morgan fingerprint density at radius 2 is 1.84 bits per heavy atom. The number of hydrogen-bond acceptors (Lipinski definition) is 2. The highest BCUT2D eigenvalue weighted by molar-refractivity contribution is 7.89. The molecule has 0 saturated heterocycles. The fourth-order valence-corrected chi connectivity index (χ4v) is 4.00. The molecule has 0 aliphatic heterocycles. The molecular weight excluding hydrogens is 356 g/mol. The minimum atomic E-state index is -3.50. The minimum absolute atomic E-state index is 0.294. The van der Waals surface area contributed by atoms with Crippen LogP contribution in [0.25, 0.3) is 10.9 Å². The number of sulfonamides is 1. The Morgan fingerprint density at radius 3 is 2.52 bits per heavy atom. The van der Waals surface area contributed by atoms with Crippen molar-refractivity contribution in [1.29, 1.82) is 0 Å². The molecule has 0 fully saturated rings. The molecule has 0 aliphatic carbocycles. The quantitative estimate of drug-likeness (QED) is 0.666. The maximum atomic E-state index is 12.4. The van der Waals surface area contributed by atoms with Gasteiger partial charge in [0, 0.05) is 28.7 Å². The lowest BCUT2D eigenvalue weighted by atomic mass is 10.0. The summed E-state index contributed by atoms with van der Waals surface area (Å²) >= 11 is 5.98. The average Bonchev–Trinajstić information content (AvgIpc) is 2.97. The number of halogens is 1. The largest absolute Gasteiger partial charge is 0.361 e. The van der Waals surface area contributed by atoms with Gasteiger partial charge >= 0.3 is 0 Å². The number of nitrogens with one attached hydrogen (secondary N) is 2. The molecule has 3 aromatic rings. The van der Waals surface area contributed by atoms with E-state index in [-0.39, 0.29) is 0 Å². The van der Waals surface area contributed by atoms with Crippen LogP contribution in [0.3, 0.4) is 0 Å². The predicted octanol–water partition coefficient (Wildman–Crippen LogP) is 4.47. The van der Waals surface area contributed by atoms with Crippen LogP contribution in [-0.4, -0.2) is 19.9 Å². The van der Waals surface area contributed by atoms with E-state index in [1.54, 1.807) is 12.1 Å². The maximum Gasteiger partial charge on any atom is 0.240 e. The van der Waals surface area contributed by atoms with Crippen molar-refractivity contribution in [2.75, 3.05) is 6.54 Å². The second kappa shape index (κ2) is 7.20. The summed E-state index contributed by atoms with van der Waals surface area (Å²) in [7, 11) is -3.50. The third-order valence-electron chi connectivity index (χ3n) is 4.27. The number of aromatic amines is 1. The number of rotatable bonds is 6. The Morgan fingerprint density at radius 1 is 1.12 bits per heavy atom. The smallest absolute Gasteiger partial charge is 0.240 e. The summed E-state index contributed by atoms with van der Waals surface area (Å²) in [5.41, 5.74) is 3.13. The topological polar surface area (TPSA) is 62.0 Å². The molecule has 0 amide bonds. The van der Waals surface area contributed by atoms with E-state index in [0.717, 1.165) is 22.0 Å². The first kappa shape index (κ1) is 18.0. The van der Waals surface area contributed by atoms with Crippen molar-refractivity contribution >= 4 is 32.5 Å². The van der Waals surface area contributed by atoms with Crippen LogP contribution in [0.2, 0.25) is 5.02 Å². The van der Waals surface area contributed by atoms with E-state index in [2.05, 4.69) is 23.6 Å². The molecule has 1 aromatic heterocycles. The number of benzene rings is 2. The van der Waals surface area contributed by atoms with Crippen molar-refractivity contribution in [3.63, 3.8) is 0 Å². The highest BCUT2D eigenvalue weighted by Gasteiger charge is 2.14. The SMILES string of the molecule is CC(C)c1ccc(S(=O)(=O)NCCc2c[nH]c3cc(Cl)ccc23)cc1. The van der Waals surface area contributed by atoms with Crippen LogP contribution < -0.4 is 4.72 Å². The second-order valence-electron chi connectivity index (χ2n) is 6.38. The van der Waals surface area contributed by atoms with Crippen molar-refractivity contribution in [2.24, 2.45) is 0 Å². The summed E-state index contributed by atoms with van der Waals surface area (Å²) in [6.45, 7) is 4.50. The lowest BCUT2D eigenvalue weighted by Gasteiger charge is -2.09. The first-order valence-corrected chi connectivity index (χ1v) is 10.1. The van der Waals surface area contributed by atoms with Crippen molar-refractivity contribution in [2.45, 2.75) is 31.1 Å². The first-order chi connectivity index (χ1) is 11.9. The van der Waals surface area contributed by atoms with E-state index in [0.29, 0.717) is 28.8 Å². The molecule has 0 radical (unpaired) electrons. The van der Waals surface area contributed by atoms with E-state index in [1.807, 2.05) is 36.5 Å². The molecule has 132 valence electrons. The molecule has 2 N–H and O–H groups in total. The second-order valence-corrected chi connectivity index (χ2v) is 8.58. The molecule has 0 bridgehead atoms. The van der Waals surface area contributed by atoms with Gasteiger partial charge in [0.2, 0.25) is 10.0 Å². The van der Waals surface area contributed by atoms with Crippen LogP contribution in [0.4, 0.5) is 0 Å². The highest BCUT2D eigenvalue weighted by atomic mass is 35.5. The van der Waals surface area contributed by atoms with Gasteiger partial charge in [-0.15, -0.1) is 0 Å². The van der Waals surface area contributed by atoms with Crippen LogP contribution in [0.5, 0.6) is 0 Å². The van der Waals surface area contributed by atoms with Crippen molar-refractivity contribution in [3.05, 3.63) is 64.8 Å². The van der Waals surface area contributed by atoms with Crippen LogP contribution in [-0.2, 0) is 16.4 Å². The molecule has 6 heteroatoms. The summed E-state index contributed by atoms with van der Waals surface area (Å²) in [4.78, 5) is 3.46. The van der Waals surface area contributed by atoms with Crippen molar-refractivity contribution in [1.82, 2.24) is 9.71 Å². The van der Waals surface area contributed by atoms with Gasteiger partial charge in [0.05, 0.1) is 4.90 Å². The van der Waals surface area contributed by atoms with Gasteiger partial charge in [0.15, 0.2) is 0 Å². The van der Waals surface area contributed by atoms with Gasteiger partial charge in [0.1, 0.15) is 0 Å². The summed E-state index contributed by atoms with van der Waals surface area (Å²) in [6, 6.07) is 12.7.